The fourth-order valence-corrected chi connectivity index (χ4v) is 2.78. The van der Waals surface area contributed by atoms with E-state index in [1.165, 1.54) is 5.56 Å². The number of aliphatic hydroxyl groups excluding tert-OH is 1. The number of ketones is 1. The Morgan fingerprint density at radius 2 is 2.05 bits per heavy atom. The second kappa shape index (κ2) is 4.41. The first-order valence-electron chi connectivity index (χ1n) is 6.76. The molecule has 0 bridgehead atoms. The molecule has 100 valence electrons. The zero-order valence-electron chi connectivity index (χ0n) is 11.3. The highest BCUT2D eigenvalue weighted by atomic mass is 16.5. The lowest BCUT2D eigenvalue weighted by Crippen LogP contribution is -2.01. The van der Waals surface area contributed by atoms with Crippen LogP contribution in [0.2, 0.25) is 0 Å². The fourth-order valence-electron chi connectivity index (χ4n) is 2.78. The molecule has 1 aromatic rings. The van der Waals surface area contributed by atoms with Gasteiger partial charge in [0.2, 0.25) is 0 Å². The maximum absolute atomic E-state index is 12.1. The first-order chi connectivity index (χ1) is 9.11. The van der Waals surface area contributed by atoms with Gasteiger partial charge in [0, 0.05) is 12.3 Å². The Labute approximate surface area is 112 Å². The van der Waals surface area contributed by atoms with E-state index in [4.69, 9.17) is 4.74 Å². The summed E-state index contributed by atoms with van der Waals surface area (Å²) in [6, 6.07) is 5.84. The third-order valence-corrected chi connectivity index (χ3v) is 4.04. The van der Waals surface area contributed by atoms with Gasteiger partial charge in [-0.1, -0.05) is 13.0 Å². The number of hydrogen-bond donors (Lipinski definition) is 1. The van der Waals surface area contributed by atoms with Crippen LogP contribution in [0, 0.1) is 5.92 Å². The minimum absolute atomic E-state index is 0.0418. The van der Waals surface area contributed by atoms with Gasteiger partial charge in [0.25, 0.3) is 0 Å². The Hall–Kier alpha value is -1.77. The van der Waals surface area contributed by atoms with E-state index in [2.05, 4.69) is 0 Å². The Bertz CT molecular complexity index is 567. The minimum atomic E-state index is -0.0687. The number of benzene rings is 1. The van der Waals surface area contributed by atoms with E-state index in [1.807, 2.05) is 25.1 Å². The monoisotopic (exact) mass is 258 g/mol. The van der Waals surface area contributed by atoms with Crippen molar-refractivity contribution in [3.63, 3.8) is 0 Å². The largest absolute Gasteiger partial charge is 0.511 e. The molecule has 1 unspecified atom stereocenters. The summed E-state index contributed by atoms with van der Waals surface area (Å²) in [6.45, 7) is 1.89. The summed E-state index contributed by atoms with van der Waals surface area (Å²) in [5.41, 5.74) is 2.55. The Morgan fingerprint density at radius 1 is 1.32 bits per heavy atom. The van der Waals surface area contributed by atoms with Gasteiger partial charge in [-0.2, -0.15) is 0 Å². The molecule has 0 amide bonds. The van der Waals surface area contributed by atoms with E-state index in [0.29, 0.717) is 17.9 Å². The van der Waals surface area contributed by atoms with Gasteiger partial charge in [0.15, 0.2) is 5.78 Å². The van der Waals surface area contributed by atoms with Crippen molar-refractivity contribution in [2.75, 3.05) is 7.11 Å². The number of carbonyl (C=O) groups excluding carboxylic acids is 1. The third-order valence-electron chi connectivity index (χ3n) is 4.04. The highest BCUT2D eigenvalue weighted by Gasteiger charge is 2.34. The SMILES string of the molecule is COc1ccc(C2CC2)c(C2=C(O)C(C)CC2=O)c1. The summed E-state index contributed by atoms with van der Waals surface area (Å²) in [7, 11) is 1.61. The summed E-state index contributed by atoms with van der Waals surface area (Å²) in [5.74, 6) is 1.47. The van der Waals surface area contributed by atoms with Gasteiger partial charge in [0.05, 0.1) is 12.7 Å². The number of methoxy groups -OCH3 is 1. The van der Waals surface area contributed by atoms with E-state index < -0.39 is 0 Å². The van der Waals surface area contributed by atoms with Crippen LogP contribution in [-0.2, 0) is 4.79 Å². The van der Waals surface area contributed by atoms with Crippen LogP contribution in [0.3, 0.4) is 0 Å². The van der Waals surface area contributed by atoms with E-state index in [0.717, 1.165) is 24.2 Å². The van der Waals surface area contributed by atoms with Crippen molar-refractivity contribution >= 4 is 11.4 Å². The summed E-state index contributed by atoms with van der Waals surface area (Å²) in [4.78, 5) is 12.1. The molecule has 0 radical (unpaired) electrons. The molecule has 2 aliphatic carbocycles. The third kappa shape index (κ3) is 2.03. The highest BCUT2D eigenvalue weighted by Crippen LogP contribution is 2.46. The molecule has 0 heterocycles. The lowest BCUT2D eigenvalue weighted by Gasteiger charge is -2.12. The van der Waals surface area contributed by atoms with Crippen LogP contribution in [0.15, 0.2) is 24.0 Å². The van der Waals surface area contributed by atoms with Gasteiger partial charge in [-0.3, -0.25) is 4.79 Å². The molecule has 3 rings (SSSR count). The van der Waals surface area contributed by atoms with Crippen LogP contribution in [0.1, 0.15) is 43.2 Å². The van der Waals surface area contributed by atoms with Gasteiger partial charge in [0.1, 0.15) is 11.5 Å². The zero-order valence-corrected chi connectivity index (χ0v) is 11.3. The average molecular weight is 258 g/mol. The highest BCUT2D eigenvalue weighted by molar-refractivity contribution is 6.24. The number of Topliss-reactive ketones (excluding diaryl/α,β-unsaturated/α-hetero) is 1. The van der Waals surface area contributed by atoms with Crippen LogP contribution >= 0.6 is 0 Å². The lowest BCUT2D eigenvalue weighted by molar-refractivity contribution is -0.113. The number of ether oxygens (including phenoxy) is 1. The van der Waals surface area contributed by atoms with Gasteiger partial charge >= 0.3 is 0 Å². The normalized spacial score (nSPS) is 23.1. The van der Waals surface area contributed by atoms with Crippen molar-refractivity contribution in [2.45, 2.75) is 32.1 Å². The Balaban J connectivity index is 2.15. The molecule has 0 spiro atoms. The molecule has 1 atom stereocenters. The molecular weight excluding hydrogens is 240 g/mol. The van der Waals surface area contributed by atoms with Crippen molar-refractivity contribution in [1.82, 2.24) is 0 Å². The van der Waals surface area contributed by atoms with Gasteiger partial charge < -0.3 is 9.84 Å². The molecule has 3 nitrogen and oxygen atoms in total. The smallest absolute Gasteiger partial charge is 0.167 e. The molecule has 2 aliphatic rings. The number of carbonyl (C=O) groups is 1. The number of rotatable bonds is 3. The molecule has 1 fully saturated rings. The Morgan fingerprint density at radius 3 is 2.58 bits per heavy atom. The van der Waals surface area contributed by atoms with Crippen molar-refractivity contribution in [2.24, 2.45) is 5.92 Å². The lowest BCUT2D eigenvalue weighted by atomic mass is 9.95. The van der Waals surface area contributed by atoms with E-state index >= 15 is 0 Å². The van der Waals surface area contributed by atoms with Gasteiger partial charge in [-0.05, 0) is 42.0 Å². The standard InChI is InChI=1S/C16H18O3/c1-9-7-14(17)15(16(9)18)13-8-11(19-2)5-6-12(13)10-3-4-10/h5-6,8-10,18H,3-4,7H2,1-2H3. The van der Waals surface area contributed by atoms with Crippen molar-refractivity contribution in [3.8, 4) is 5.75 Å². The molecule has 0 aromatic heterocycles. The summed E-state index contributed by atoms with van der Waals surface area (Å²) in [5, 5.41) is 10.2. The topological polar surface area (TPSA) is 46.5 Å². The van der Waals surface area contributed by atoms with Crippen LogP contribution < -0.4 is 4.74 Å². The number of aliphatic hydroxyl groups is 1. The maximum atomic E-state index is 12.1. The van der Waals surface area contributed by atoms with E-state index in [1.54, 1.807) is 7.11 Å². The van der Waals surface area contributed by atoms with Gasteiger partial charge in [-0.15, -0.1) is 0 Å². The van der Waals surface area contributed by atoms with Crippen LogP contribution in [0.4, 0.5) is 0 Å². The molecule has 1 aromatic carbocycles. The predicted molar refractivity (Wildman–Crippen MR) is 73.3 cm³/mol. The Kier molecular flexibility index (Phi) is 2.85. The molecule has 1 N–H and O–H groups in total. The molecule has 3 heteroatoms. The second-order valence-corrected chi connectivity index (χ2v) is 5.52. The molecule has 1 saturated carbocycles. The average Bonchev–Trinajstić information content (AvgIpc) is 3.19. The molecule has 0 saturated heterocycles. The number of hydrogen-bond acceptors (Lipinski definition) is 3. The minimum Gasteiger partial charge on any atom is -0.511 e. The van der Waals surface area contributed by atoms with Crippen LogP contribution in [-0.4, -0.2) is 18.0 Å². The van der Waals surface area contributed by atoms with Gasteiger partial charge in [-0.25, -0.2) is 0 Å². The maximum Gasteiger partial charge on any atom is 0.167 e. The summed E-state index contributed by atoms with van der Waals surface area (Å²) in [6.07, 6.45) is 2.73. The predicted octanol–water partition coefficient (Wildman–Crippen LogP) is 3.45. The zero-order chi connectivity index (χ0) is 13.6. The van der Waals surface area contributed by atoms with Crippen molar-refractivity contribution in [3.05, 3.63) is 35.1 Å². The van der Waals surface area contributed by atoms with Crippen LogP contribution in [0.5, 0.6) is 5.75 Å². The molecular formula is C16H18O3. The van der Waals surface area contributed by atoms with Crippen LogP contribution in [0.25, 0.3) is 5.57 Å². The first-order valence-corrected chi connectivity index (χ1v) is 6.76. The molecule has 19 heavy (non-hydrogen) atoms. The summed E-state index contributed by atoms with van der Waals surface area (Å²) >= 11 is 0. The van der Waals surface area contributed by atoms with E-state index in [-0.39, 0.29) is 17.5 Å². The van der Waals surface area contributed by atoms with Crippen molar-refractivity contribution in [1.29, 1.82) is 0 Å². The first kappa shape index (κ1) is 12.3. The van der Waals surface area contributed by atoms with Crippen molar-refractivity contribution < 1.29 is 14.6 Å². The quantitative estimate of drug-likeness (QED) is 0.903. The molecule has 0 aliphatic heterocycles. The fraction of sp³-hybridized carbons (Fsp3) is 0.438. The number of allylic oxidation sites excluding steroid dienone is 2. The summed E-state index contributed by atoms with van der Waals surface area (Å²) < 4.78 is 5.25. The van der Waals surface area contributed by atoms with E-state index in [9.17, 15) is 9.90 Å². The second-order valence-electron chi connectivity index (χ2n) is 5.52.